The van der Waals surface area contributed by atoms with E-state index in [1.54, 1.807) is 0 Å². The molecule has 7 heavy (non-hydrogen) atoms. The van der Waals surface area contributed by atoms with E-state index in [0.29, 0.717) is 0 Å². The van der Waals surface area contributed by atoms with Crippen LogP contribution in [0.4, 0.5) is 0 Å². The summed E-state index contributed by atoms with van der Waals surface area (Å²) in [5.41, 5.74) is 1.39. The topological polar surface area (TPSA) is 12.0 Å². The summed E-state index contributed by atoms with van der Waals surface area (Å²) < 4.78 is 0. The predicted octanol–water partition coefficient (Wildman–Crippen LogP) is -0.0427. The summed E-state index contributed by atoms with van der Waals surface area (Å²) in [5, 5.41) is 3.09. The maximum absolute atomic E-state index is 3.09. The minimum atomic E-state index is 1.01. The molecule has 0 aromatic rings. The Bertz CT molecular complexity index is 115. The van der Waals surface area contributed by atoms with Crippen molar-refractivity contribution in [3.63, 3.8) is 0 Å². The predicted molar refractivity (Wildman–Crippen MR) is 33.6 cm³/mol. The average Bonchev–Trinajstić information content (AvgIpc) is 1.69. The Hall–Kier alpha value is -0.525. The van der Waals surface area contributed by atoms with Gasteiger partial charge in [0.2, 0.25) is 0 Å². The van der Waals surface area contributed by atoms with Gasteiger partial charge in [0.1, 0.15) is 0 Å². The van der Waals surface area contributed by atoms with Crippen molar-refractivity contribution in [2.45, 2.75) is 6.92 Å². The van der Waals surface area contributed by atoms with Crippen LogP contribution in [0.3, 0.4) is 0 Å². The molecule has 0 bridgehead atoms. The van der Waals surface area contributed by atoms with E-state index in [0.717, 1.165) is 6.54 Å². The summed E-state index contributed by atoms with van der Waals surface area (Å²) in [7, 11) is 0. The molecule has 1 aliphatic rings. The molecule has 0 aromatic heterocycles. The maximum atomic E-state index is 3.09. The SMILES string of the molecule is CC1=BC=CNC1. The first kappa shape index (κ1) is 4.63. The van der Waals surface area contributed by atoms with Crippen molar-refractivity contribution in [3.05, 3.63) is 12.2 Å². The van der Waals surface area contributed by atoms with E-state index >= 15 is 0 Å². The summed E-state index contributed by atoms with van der Waals surface area (Å²) >= 11 is 0. The molecule has 0 atom stereocenters. The number of hydrogen-bond acceptors (Lipinski definition) is 1. The van der Waals surface area contributed by atoms with Crippen molar-refractivity contribution in [1.29, 1.82) is 0 Å². The van der Waals surface area contributed by atoms with Gasteiger partial charge in [0.15, 0.2) is 0 Å². The first-order valence-electron chi connectivity index (χ1n) is 2.45. The second-order valence-corrected chi connectivity index (χ2v) is 1.75. The van der Waals surface area contributed by atoms with Crippen LogP contribution in [-0.2, 0) is 0 Å². The Morgan fingerprint density at radius 2 is 2.71 bits per heavy atom. The molecule has 1 N–H and O–H groups in total. The molecule has 0 unspecified atom stereocenters. The molecule has 0 aliphatic carbocycles. The number of rotatable bonds is 0. The third-order valence-electron chi connectivity index (χ3n) is 0.976. The average molecular weight is 92.9 g/mol. The van der Waals surface area contributed by atoms with Crippen molar-refractivity contribution < 1.29 is 0 Å². The summed E-state index contributed by atoms with van der Waals surface area (Å²) in [6, 6.07) is 0. The Morgan fingerprint density at radius 3 is 3.00 bits per heavy atom. The van der Waals surface area contributed by atoms with Crippen LogP contribution in [0.1, 0.15) is 6.92 Å². The van der Waals surface area contributed by atoms with E-state index in [-0.39, 0.29) is 0 Å². The zero-order valence-electron chi connectivity index (χ0n) is 4.44. The molecule has 1 nitrogen and oxygen atoms in total. The zero-order chi connectivity index (χ0) is 5.11. The van der Waals surface area contributed by atoms with Gasteiger partial charge in [0.05, 0.1) is 0 Å². The molecule has 1 aliphatic heterocycles. The van der Waals surface area contributed by atoms with Crippen LogP contribution >= 0.6 is 0 Å². The van der Waals surface area contributed by atoms with Crippen molar-refractivity contribution in [1.82, 2.24) is 5.32 Å². The molecular weight excluding hydrogens is 84.9 g/mol. The van der Waals surface area contributed by atoms with Gasteiger partial charge in [-0.15, -0.1) is 0 Å². The quantitative estimate of drug-likeness (QED) is 0.414. The van der Waals surface area contributed by atoms with Crippen molar-refractivity contribution >= 4 is 12.4 Å². The van der Waals surface area contributed by atoms with Gasteiger partial charge in [-0.3, -0.25) is 0 Å². The van der Waals surface area contributed by atoms with Gasteiger partial charge in [-0.25, -0.2) is 0 Å². The van der Waals surface area contributed by atoms with Gasteiger partial charge < -0.3 is 0 Å². The molecule has 1 rings (SSSR count). The van der Waals surface area contributed by atoms with Crippen LogP contribution in [0.25, 0.3) is 0 Å². The second-order valence-electron chi connectivity index (χ2n) is 1.75. The molecule has 36 valence electrons. The van der Waals surface area contributed by atoms with Gasteiger partial charge in [-0.2, -0.15) is 0 Å². The summed E-state index contributed by atoms with van der Waals surface area (Å²) in [5.74, 6) is 2.01. The van der Waals surface area contributed by atoms with Gasteiger partial charge in [0.25, 0.3) is 0 Å². The van der Waals surface area contributed by atoms with E-state index in [9.17, 15) is 0 Å². The molecule has 0 spiro atoms. The van der Waals surface area contributed by atoms with E-state index in [1.165, 1.54) is 5.46 Å². The van der Waals surface area contributed by atoms with Crippen LogP contribution < -0.4 is 5.32 Å². The molecule has 0 saturated carbocycles. The molecule has 0 amide bonds. The minimum absolute atomic E-state index is 1.01. The van der Waals surface area contributed by atoms with Gasteiger partial charge in [-0.1, -0.05) is 0 Å². The van der Waals surface area contributed by atoms with Gasteiger partial charge >= 0.3 is 43.3 Å². The number of hydrogen-bond donors (Lipinski definition) is 1. The normalized spacial score (nSPS) is 17.0. The summed E-state index contributed by atoms with van der Waals surface area (Å²) in [6.07, 6.45) is 1.95. The van der Waals surface area contributed by atoms with Crippen LogP contribution in [0.5, 0.6) is 0 Å². The Balaban J connectivity index is 2.57. The van der Waals surface area contributed by atoms with Crippen molar-refractivity contribution in [2.24, 2.45) is 0 Å². The Morgan fingerprint density at radius 1 is 1.86 bits per heavy atom. The van der Waals surface area contributed by atoms with E-state index < -0.39 is 0 Å². The fourth-order valence-electron chi connectivity index (χ4n) is 0.559. The molecule has 2 heteroatoms. The zero-order valence-corrected chi connectivity index (χ0v) is 4.44. The van der Waals surface area contributed by atoms with Crippen molar-refractivity contribution in [2.75, 3.05) is 6.54 Å². The first-order valence-corrected chi connectivity index (χ1v) is 2.45. The van der Waals surface area contributed by atoms with E-state index in [1.807, 2.05) is 12.2 Å². The Kier molecular flexibility index (Phi) is 1.30. The molecule has 0 radical (unpaired) electrons. The fourth-order valence-corrected chi connectivity index (χ4v) is 0.559. The Labute approximate surface area is 44.3 Å². The van der Waals surface area contributed by atoms with Crippen LogP contribution in [0.15, 0.2) is 12.2 Å². The standard InChI is InChI=1S/C5H8BN/c1-5-4-7-3-2-6-5/h2-3,7H,4H2,1H3. The van der Waals surface area contributed by atoms with E-state index in [4.69, 9.17) is 0 Å². The molecule has 1 heterocycles. The summed E-state index contributed by atoms with van der Waals surface area (Å²) in [4.78, 5) is 0. The molecule has 0 aromatic carbocycles. The van der Waals surface area contributed by atoms with Crippen LogP contribution in [0.2, 0.25) is 0 Å². The first-order chi connectivity index (χ1) is 3.39. The second kappa shape index (κ2) is 1.96. The summed E-state index contributed by atoms with van der Waals surface area (Å²) in [6.45, 7) is 5.23. The number of nitrogens with one attached hydrogen (secondary N) is 1. The van der Waals surface area contributed by atoms with Crippen molar-refractivity contribution in [3.8, 4) is 0 Å². The van der Waals surface area contributed by atoms with Gasteiger partial charge in [0, 0.05) is 0 Å². The monoisotopic (exact) mass is 93.1 g/mol. The van der Waals surface area contributed by atoms with Crippen LogP contribution in [-0.4, -0.2) is 18.9 Å². The van der Waals surface area contributed by atoms with Crippen LogP contribution in [0, 0.1) is 0 Å². The van der Waals surface area contributed by atoms with Gasteiger partial charge in [-0.05, 0) is 0 Å². The molecular formula is C5H8BN. The third kappa shape index (κ3) is 1.18. The fraction of sp³-hybridized carbons (Fsp3) is 0.400. The van der Waals surface area contributed by atoms with E-state index in [2.05, 4.69) is 19.2 Å². The molecule has 0 saturated heterocycles. The third-order valence-corrected chi connectivity index (χ3v) is 0.976. The molecule has 0 fully saturated rings.